The number of hydrogen-bond acceptors (Lipinski definition) is 2. The molecule has 0 atom stereocenters. The number of halogens is 1. The highest BCUT2D eigenvalue weighted by Crippen LogP contribution is 2.27. The molecule has 0 aliphatic heterocycles. The molecule has 3 rings (SSSR count). The van der Waals surface area contributed by atoms with Crippen molar-refractivity contribution in [2.75, 3.05) is 7.11 Å². The molecule has 0 N–H and O–H groups in total. The van der Waals surface area contributed by atoms with E-state index in [1.54, 1.807) is 13.2 Å². The third kappa shape index (κ3) is 3.02. The number of aromatic nitrogens is 1. The zero-order chi connectivity index (χ0) is 16.4. The molecule has 0 aliphatic carbocycles. The van der Waals surface area contributed by atoms with Crippen LogP contribution < -0.4 is 9.47 Å². The Morgan fingerprint density at radius 3 is 2.39 bits per heavy atom. The maximum absolute atomic E-state index is 14.0. The average Bonchev–Trinajstić information content (AvgIpc) is 2.93. The standard InChI is InChI=1S/C19H20FNO2/c1-13(2)21-14(11-17-18(20)5-4-6-19(17)21)12-23-16-9-7-15(22-3)8-10-16/h4-11,13H,12H2,1-3H3. The van der Waals surface area contributed by atoms with Gasteiger partial charge in [0.05, 0.1) is 18.3 Å². The van der Waals surface area contributed by atoms with Gasteiger partial charge in [0.25, 0.3) is 0 Å². The summed E-state index contributed by atoms with van der Waals surface area (Å²) in [7, 11) is 1.63. The molecule has 1 heterocycles. The van der Waals surface area contributed by atoms with Crippen LogP contribution in [0.3, 0.4) is 0 Å². The molecular formula is C19H20FNO2. The Labute approximate surface area is 135 Å². The minimum Gasteiger partial charge on any atom is -0.497 e. The molecule has 2 aromatic carbocycles. The third-order valence-corrected chi connectivity index (χ3v) is 3.87. The Bertz CT molecular complexity index is 806. The van der Waals surface area contributed by atoms with Crippen molar-refractivity contribution in [2.24, 2.45) is 0 Å². The van der Waals surface area contributed by atoms with Crippen molar-refractivity contribution < 1.29 is 13.9 Å². The first-order chi connectivity index (χ1) is 11.1. The van der Waals surface area contributed by atoms with Gasteiger partial charge in [-0.1, -0.05) is 6.07 Å². The van der Waals surface area contributed by atoms with Crippen LogP contribution in [0.2, 0.25) is 0 Å². The van der Waals surface area contributed by atoms with Crippen molar-refractivity contribution in [3.05, 3.63) is 60.0 Å². The summed E-state index contributed by atoms with van der Waals surface area (Å²) in [5.41, 5.74) is 1.85. The first-order valence-corrected chi connectivity index (χ1v) is 7.65. The SMILES string of the molecule is COc1ccc(OCc2cc3c(F)cccc3n2C(C)C)cc1. The van der Waals surface area contributed by atoms with Gasteiger partial charge in [0, 0.05) is 11.4 Å². The van der Waals surface area contributed by atoms with Gasteiger partial charge in [-0.25, -0.2) is 4.39 Å². The molecule has 120 valence electrons. The van der Waals surface area contributed by atoms with Crippen LogP contribution in [0, 0.1) is 5.82 Å². The number of benzene rings is 2. The lowest BCUT2D eigenvalue weighted by molar-refractivity contribution is 0.292. The molecule has 0 radical (unpaired) electrons. The number of fused-ring (bicyclic) bond motifs is 1. The fraction of sp³-hybridized carbons (Fsp3) is 0.263. The summed E-state index contributed by atoms with van der Waals surface area (Å²) in [6.45, 7) is 4.56. The lowest BCUT2D eigenvalue weighted by Crippen LogP contribution is -2.08. The number of hydrogen-bond donors (Lipinski definition) is 0. The van der Waals surface area contributed by atoms with Crippen LogP contribution >= 0.6 is 0 Å². The normalized spacial score (nSPS) is 11.2. The Morgan fingerprint density at radius 2 is 1.74 bits per heavy atom. The van der Waals surface area contributed by atoms with Crippen molar-refractivity contribution in [3.63, 3.8) is 0 Å². The van der Waals surface area contributed by atoms with Crippen molar-refractivity contribution >= 4 is 10.9 Å². The smallest absolute Gasteiger partial charge is 0.132 e. The van der Waals surface area contributed by atoms with E-state index in [-0.39, 0.29) is 11.9 Å². The summed E-state index contributed by atoms with van der Waals surface area (Å²) >= 11 is 0. The number of nitrogens with zero attached hydrogens (tertiary/aromatic N) is 1. The third-order valence-electron chi connectivity index (χ3n) is 3.87. The van der Waals surface area contributed by atoms with Crippen LogP contribution in [0.25, 0.3) is 10.9 Å². The lowest BCUT2D eigenvalue weighted by atomic mass is 10.2. The predicted octanol–water partition coefficient (Wildman–Crippen LogP) is 4.95. The zero-order valence-electron chi connectivity index (χ0n) is 13.5. The second-order valence-electron chi connectivity index (χ2n) is 5.74. The highest BCUT2D eigenvalue weighted by Gasteiger charge is 2.14. The molecule has 1 aromatic heterocycles. The van der Waals surface area contributed by atoms with Gasteiger partial charge in [-0.2, -0.15) is 0 Å². The van der Waals surface area contributed by atoms with Crippen LogP contribution in [0.5, 0.6) is 11.5 Å². The molecule has 0 fully saturated rings. The molecule has 0 saturated carbocycles. The number of rotatable bonds is 5. The molecule has 0 amide bonds. The second kappa shape index (κ2) is 6.32. The van der Waals surface area contributed by atoms with Crippen LogP contribution in [0.1, 0.15) is 25.6 Å². The quantitative estimate of drug-likeness (QED) is 0.665. The van der Waals surface area contributed by atoms with Gasteiger partial charge in [-0.05, 0) is 56.3 Å². The van der Waals surface area contributed by atoms with Gasteiger partial charge in [0.2, 0.25) is 0 Å². The summed E-state index contributed by atoms with van der Waals surface area (Å²) in [5.74, 6) is 1.34. The van der Waals surface area contributed by atoms with E-state index in [2.05, 4.69) is 18.4 Å². The largest absolute Gasteiger partial charge is 0.497 e. The van der Waals surface area contributed by atoms with Gasteiger partial charge in [0.15, 0.2) is 0 Å². The molecule has 23 heavy (non-hydrogen) atoms. The first kappa shape index (κ1) is 15.4. The average molecular weight is 313 g/mol. The molecular weight excluding hydrogens is 293 g/mol. The number of methoxy groups -OCH3 is 1. The molecule has 0 unspecified atom stereocenters. The first-order valence-electron chi connectivity index (χ1n) is 7.65. The van der Waals surface area contributed by atoms with Gasteiger partial charge in [0.1, 0.15) is 23.9 Å². The minimum atomic E-state index is -0.201. The Hall–Kier alpha value is -2.49. The van der Waals surface area contributed by atoms with Gasteiger partial charge in [-0.15, -0.1) is 0 Å². The van der Waals surface area contributed by atoms with Crippen molar-refractivity contribution in [3.8, 4) is 11.5 Å². The fourth-order valence-electron chi connectivity index (χ4n) is 2.82. The minimum absolute atomic E-state index is 0.201. The van der Waals surface area contributed by atoms with E-state index in [1.165, 1.54) is 6.07 Å². The van der Waals surface area contributed by atoms with Crippen LogP contribution in [0.15, 0.2) is 48.5 Å². The van der Waals surface area contributed by atoms with Gasteiger partial charge < -0.3 is 14.0 Å². The van der Waals surface area contributed by atoms with E-state index < -0.39 is 0 Å². The molecule has 0 aliphatic rings. The fourth-order valence-corrected chi connectivity index (χ4v) is 2.82. The zero-order valence-corrected chi connectivity index (χ0v) is 13.5. The highest BCUT2D eigenvalue weighted by molar-refractivity contribution is 5.82. The van der Waals surface area contributed by atoms with Gasteiger partial charge >= 0.3 is 0 Å². The Morgan fingerprint density at radius 1 is 1.04 bits per heavy atom. The van der Waals surface area contributed by atoms with E-state index in [0.29, 0.717) is 12.0 Å². The second-order valence-corrected chi connectivity index (χ2v) is 5.74. The van der Waals surface area contributed by atoms with E-state index >= 15 is 0 Å². The maximum atomic E-state index is 14.0. The summed E-state index contributed by atoms with van der Waals surface area (Å²) in [4.78, 5) is 0. The summed E-state index contributed by atoms with van der Waals surface area (Å²) in [6.07, 6.45) is 0. The molecule has 0 spiro atoms. The molecule has 0 saturated heterocycles. The van der Waals surface area contributed by atoms with E-state index in [0.717, 1.165) is 22.7 Å². The van der Waals surface area contributed by atoms with E-state index in [1.807, 2.05) is 36.4 Å². The van der Waals surface area contributed by atoms with Gasteiger partial charge in [-0.3, -0.25) is 0 Å². The molecule has 3 nitrogen and oxygen atoms in total. The monoisotopic (exact) mass is 313 g/mol. The molecule has 4 heteroatoms. The molecule has 3 aromatic rings. The van der Waals surface area contributed by atoms with Crippen LogP contribution in [-0.4, -0.2) is 11.7 Å². The van der Waals surface area contributed by atoms with E-state index in [9.17, 15) is 4.39 Å². The number of ether oxygens (including phenoxy) is 2. The lowest BCUT2D eigenvalue weighted by Gasteiger charge is -2.15. The van der Waals surface area contributed by atoms with Crippen molar-refractivity contribution in [1.29, 1.82) is 0 Å². The van der Waals surface area contributed by atoms with Crippen molar-refractivity contribution in [2.45, 2.75) is 26.5 Å². The maximum Gasteiger partial charge on any atom is 0.132 e. The summed E-state index contributed by atoms with van der Waals surface area (Å²) in [5, 5.41) is 0.634. The Balaban J connectivity index is 1.89. The predicted molar refractivity (Wildman–Crippen MR) is 89.6 cm³/mol. The molecule has 0 bridgehead atoms. The van der Waals surface area contributed by atoms with Crippen molar-refractivity contribution in [1.82, 2.24) is 4.57 Å². The topological polar surface area (TPSA) is 23.4 Å². The van der Waals surface area contributed by atoms with Crippen LogP contribution in [0.4, 0.5) is 4.39 Å². The van der Waals surface area contributed by atoms with E-state index in [4.69, 9.17) is 9.47 Å². The summed E-state index contributed by atoms with van der Waals surface area (Å²) < 4.78 is 27.1. The summed E-state index contributed by atoms with van der Waals surface area (Å²) in [6, 6.07) is 14.7. The highest BCUT2D eigenvalue weighted by atomic mass is 19.1. The van der Waals surface area contributed by atoms with Crippen LogP contribution in [-0.2, 0) is 6.61 Å². The Kier molecular flexibility index (Phi) is 4.24.